The molecule has 0 fully saturated rings. The lowest BCUT2D eigenvalue weighted by atomic mass is 10.2. The van der Waals surface area contributed by atoms with Gasteiger partial charge in [-0.2, -0.15) is 0 Å². The van der Waals surface area contributed by atoms with E-state index in [1.807, 2.05) is 30.3 Å². The number of carboxylic acid groups (broad SMARTS) is 1. The van der Waals surface area contributed by atoms with Crippen LogP contribution in [0.1, 0.15) is 25.3 Å². The fourth-order valence-electron chi connectivity index (χ4n) is 1.30. The Morgan fingerprint density at radius 3 is 2.61 bits per heavy atom. The predicted octanol–water partition coefficient (Wildman–Crippen LogP) is 3.60. The minimum absolute atomic E-state index is 0.0245. The molecule has 0 aromatic heterocycles. The van der Waals surface area contributed by atoms with E-state index in [0.717, 1.165) is 5.56 Å². The van der Waals surface area contributed by atoms with Crippen molar-refractivity contribution in [2.24, 2.45) is 0 Å². The second-order valence-electron chi connectivity index (χ2n) is 3.94. The quantitative estimate of drug-likeness (QED) is 0.660. The van der Waals surface area contributed by atoms with E-state index in [4.69, 9.17) is 23.9 Å². The molecule has 1 aromatic rings. The summed E-state index contributed by atoms with van der Waals surface area (Å²) in [5.74, 6) is -0.892. The first-order valence-corrected chi connectivity index (χ1v) is 6.58. The maximum atomic E-state index is 10.6. The van der Waals surface area contributed by atoms with Crippen LogP contribution in [0.4, 0.5) is 0 Å². The smallest absolute Gasteiger partial charge is 0.303 e. The molecule has 0 heterocycles. The third kappa shape index (κ3) is 4.47. The molecule has 0 amide bonds. The van der Waals surface area contributed by atoms with E-state index >= 15 is 0 Å². The lowest BCUT2D eigenvalue weighted by Gasteiger charge is -2.15. The third-order valence-corrected chi connectivity index (χ3v) is 4.00. The molecule has 0 radical (unpaired) electrons. The highest BCUT2D eigenvalue weighted by molar-refractivity contribution is 8.24. The van der Waals surface area contributed by atoms with Gasteiger partial charge in [-0.1, -0.05) is 42.5 Å². The first-order valence-electron chi connectivity index (χ1n) is 5.36. The van der Waals surface area contributed by atoms with E-state index in [2.05, 4.69) is 4.85 Å². The number of hydrogen-bond acceptors (Lipinski definition) is 3. The number of benzene rings is 1. The summed E-state index contributed by atoms with van der Waals surface area (Å²) in [5.41, 5.74) is 0.891. The lowest BCUT2D eigenvalue weighted by molar-refractivity contribution is -0.137. The average Bonchev–Trinajstić information content (AvgIpc) is 2.37. The summed E-state index contributed by atoms with van der Waals surface area (Å²) in [6, 6.07) is 9.44. The van der Waals surface area contributed by atoms with E-state index in [1.54, 1.807) is 6.92 Å². The van der Waals surface area contributed by atoms with Crippen LogP contribution in [-0.2, 0) is 4.79 Å². The first-order chi connectivity index (χ1) is 8.47. The van der Waals surface area contributed by atoms with Crippen LogP contribution in [-0.4, -0.2) is 20.1 Å². The van der Waals surface area contributed by atoms with Crippen molar-refractivity contribution < 1.29 is 9.90 Å². The zero-order valence-electron chi connectivity index (χ0n) is 9.92. The van der Waals surface area contributed by atoms with Gasteiger partial charge in [-0.05, 0) is 17.3 Å². The van der Waals surface area contributed by atoms with Gasteiger partial charge in [0.1, 0.15) is 0 Å². The summed E-state index contributed by atoms with van der Waals surface area (Å²) >= 11 is 6.54. The first kappa shape index (κ1) is 14.7. The standard InChI is InChI=1S/C13H13NO2S2/c1-13(14-2,9-8-11(15)16)18-12(17)10-6-4-3-5-7-10/h3-7H,8-9H2,1H3,(H,15,16). The number of carboxylic acids is 1. The minimum atomic E-state index is -0.892. The number of thioether (sulfide) groups is 1. The summed E-state index contributed by atoms with van der Waals surface area (Å²) < 4.78 is 0.625. The Balaban J connectivity index is 2.72. The molecular weight excluding hydrogens is 266 g/mol. The molecule has 3 nitrogen and oxygen atoms in total. The summed E-state index contributed by atoms with van der Waals surface area (Å²) in [7, 11) is 0. The van der Waals surface area contributed by atoms with Gasteiger partial charge < -0.3 is 5.11 Å². The molecule has 94 valence electrons. The molecule has 0 saturated heterocycles. The maximum absolute atomic E-state index is 10.6. The normalized spacial score (nSPS) is 13.3. The number of aliphatic carboxylic acids is 1. The predicted molar refractivity (Wildman–Crippen MR) is 77.6 cm³/mol. The van der Waals surface area contributed by atoms with Gasteiger partial charge in [0.25, 0.3) is 4.87 Å². The zero-order valence-corrected chi connectivity index (χ0v) is 11.6. The molecule has 0 spiro atoms. The number of rotatable bonds is 5. The SMILES string of the molecule is [C-]#[N+]C(C)(CCC(=O)O)SC(=S)c1ccccc1. The highest BCUT2D eigenvalue weighted by Crippen LogP contribution is 2.34. The van der Waals surface area contributed by atoms with E-state index in [-0.39, 0.29) is 12.8 Å². The number of carbonyl (C=O) groups is 1. The Kier molecular flexibility index (Phi) is 5.32. The maximum Gasteiger partial charge on any atom is 0.303 e. The highest BCUT2D eigenvalue weighted by atomic mass is 32.2. The molecule has 1 N–H and O–H groups in total. The molecule has 18 heavy (non-hydrogen) atoms. The van der Waals surface area contributed by atoms with E-state index < -0.39 is 10.8 Å². The highest BCUT2D eigenvalue weighted by Gasteiger charge is 2.33. The summed E-state index contributed by atoms with van der Waals surface area (Å²) in [5, 5.41) is 8.68. The van der Waals surface area contributed by atoms with Crippen LogP contribution in [0.2, 0.25) is 0 Å². The van der Waals surface area contributed by atoms with Crippen LogP contribution in [0.25, 0.3) is 4.85 Å². The van der Waals surface area contributed by atoms with Crippen LogP contribution in [0.15, 0.2) is 30.3 Å². The van der Waals surface area contributed by atoms with Crippen LogP contribution in [0.5, 0.6) is 0 Å². The molecule has 1 aromatic carbocycles. The fourth-order valence-corrected chi connectivity index (χ4v) is 2.88. The monoisotopic (exact) mass is 279 g/mol. The molecule has 0 aliphatic carbocycles. The van der Waals surface area contributed by atoms with Crippen LogP contribution in [0.3, 0.4) is 0 Å². The molecule has 0 aliphatic rings. The third-order valence-electron chi connectivity index (χ3n) is 2.36. The van der Waals surface area contributed by atoms with Gasteiger partial charge in [0.05, 0.1) is 10.6 Å². The van der Waals surface area contributed by atoms with Gasteiger partial charge >= 0.3 is 5.97 Å². The Morgan fingerprint density at radius 1 is 1.50 bits per heavy atom. The number of hydrogen-bond donors (Lipinski definition) is 1. The molecule has 0 aliphatic heterocycles. The van der Waals surface area contributed by atoms with Crippen molar-refractivity contribution in [3.63, 3.8) is 0 Å². The van der Waals surface area contributed by atoms with E-state index in [1.165, 1.54) is 11.8 Å². The number of thiocarbonyl (C=S) groups is 1. The van der Waals surface area contributed by atoms with Gasteiger partial charge in [0, 0.05) is 13.3 Å². The van der Waals surface area contributed by atoms with Gasteiger partial charge in [-0.3, -0.25) is 9.64 Å². The van der Waals surface area contributed by atoms with Crippen molar-refractivity contribution in [3.05, 3.63) is 47.3 Å². The molecule has 1 rings (SSSR count). The molecule has 5 heteroatoms. The van der Waals surface area contributed by atoms with Crippen molar-refractivity contribution in [1.82, 2.24) is 0 Å². The second kappa shape index (κ2) is 6.53. The molecule has 1 atom stereocenters. The molecule has 0 saturated carbocycles. The van der Waals surface area contributed by atoms with E-state index in [9.17, 15) is 4.79 Å². The van der Waals surface area contributed by atoms with Crippen molar-refractivity contribution in [2.75, 3.05) is 0 Å². The van der Waals surface area contributed by atoms with Crippen LogP contribution < -0.4 is 0 Å². The fraction of sp³-hybridized carbons (Fsp3) is 0.308. The Bertz CT molecular complexity index is 482. The summed E-state index contributed by atoms with van der Waals surface area (Å²) in [6.45, 7) is 8.93. The number of nitrogens with zero attached hydrogens (tertiary/aromatic N) is 1. The van der Waals surface area contributed by atoms with Crippen molar-refractivity contribution in [1.29, 1.82) is 0 Å². The Morgan fingerprint density at radius 2 is 2.11 bits per heavy atom. The van der Waals surface area contributed by atoms with Gasteiger partial charge in [-0.25, -0.2) is 6.57 Å². The van der Waals surface area contributed by atoms with Gasteiger partial charge in [-0.15, -0.1) is 0 Å². The van der Waals surface area contributed by atoms with E-state index in [0.29, 0.717) is 4.20 Å². The zero-order chi connectivity index (χ0) is 13.6. The minimum Gasteiger partial charge on any atom is -0.481 e. The van der Waals surface area contributed by atoms with Gasteiger partial charge in [0.15, 0.2) is 0 Å². The Hall–Kier alpha value is -1.38. The Labute approximate surface area is 116 Å². The lowest BCUT2D eigenvalue weighted by Crippen LogP contribution is -2.19. The van der Waals surface area contributed by atoms with Crippen LogP contribution >= 0.6 is 24.0 Å². The van der Waals surface area contributed by atoms with Crippen LogP contribution in [0, 0.1) is 6.57 Å². The second-order valence-corrected chi connectivity index (χ2v) is 6.09. The summed E-state index contributed by atoms with van der Waals surface area (Å²) in [4.78, 5) is 13.3. The largest absolute Gasteiger partial charge is 0.481 e. The van der Waals surface area contributed by atoms with Crippen molar-refractivity contribution >= 4 is 34.1 Å². The molecule has 1 unspecified atom stereocenters. The van der Waals surface area contributed by atoms with Crippen molar-refractivity contribution in [3.8, 4) is 0 Å². The topological polar surface area (TPSA) is 41.7 Å². The molecule has 0 bridgehead atoms. The molecular formula is C13H13NO2S2. The van der Waals surface area contributed by atoms with Gasteiger partial charge in [0.2, 0.25) is 0 Å². The van der Waals surface area contributed by atoms with Crippen molar-refractivity contribution in [2.45, 2.75) is 24.6 Å². The summed E-state index contributed by atoms with van der Waals surface area (Å²) in [6.07, 6.45) is 0.257. The average molecular weight is 279 g/mol.